The number of amides is 2. The summed E-state index contributed by atoms with van der Waals surface area (Å²) in [6.07, 6.45) is 2.29. The van der Waals surface area contributed by atoms with Crippen molar-refractivity contribution in [2.75, 3.05) is 13.2 Å². The zero-order valence-corrected chi connectivity index (χ0v) is 15.4. The van der Waals surface area contributed by atoms with E-state index in [4.69, 9.17) is 17.3 Å². The summed E-state index contributed by atoms with van der Waals surface area (Å²) in [5.74, 6) is -0.391. The minimum atomic E-state index is -0.235. The van der Waals surface area contributed by atoms with Crippen LogP contribution in [0, 0.1) is 0 Å². The second kappa shape index (κ2) is 8.22. The molecule has 1 aliphatic heterocycles. The average Bonchev–Trinajstić information content (AvgIpc) is 3.22. The SMILES string of the molecule is O=C1NC(=S)NC1=Cc1ccc(-c2ccc(C(=O)NCCCO)cc2)s1. The molecule has 2 heterocycles. The third kappa shape index (κ3) is 4.34. The first-order valence-electron chi connectivity index (χ1n) is 8.00. The van der Waals surface area contributed by atoms with Crippen LogP contribution in [0.4, 0.5) is 0 Å². The molecule has 0 aliphatic carbocycles. The number of carbonyl (C=O) groups excluding carboxylic acids is 2. The molecule has 2 aromatic rings. The van der Waals surface area contributed by atoms with Crippen LogP contribution in [0.3, 0.4) is 0 Å². The molecule has 0 atom stereocenters. The first kappa shape index (κ1) is 18.2. The molecule has 1 aromatic heterocycles. The van der Waals surface area contributed by atoms with Crippen molar-refractivity contribution in [3.8, 4) is 10.4 Å². The van der Waals surface area contributed by atoms with Crippen LogP contribution in [0.25, 0.3) is 16.5 Å². The molecule has 1 aromatic carbocycles. The lowest BCUT2D eigenvalue weighted by Gasteiger charge is -2.05. The van der Waals surface area contributed by atoms with Crippen molar-refractivity contribution >= 4 is 46.6 Å². The molecule has 0 spiro atoms. The van der Waals surface area contributed by atoms with Crippen LogP contribution >= 0.6 is 23.6 Å². The van der Waals surface area contributed by atoms with Gasteiger partial charge in [0.25, 0.3) is 11.8 Å². The molecule has 134 valence electrons. The number of carbonyl (C=O) groups is 2. The van der Waals surface area contributed by atoms with Crippen LogP contribution in [-0.2, 0) is 4.79 Å². The molecule has 1 fully saturated rings. The Hall–Kier alpha value is -2.55. The van der Waals surface area contributed by atoms with Crippen LogP contribution in [0.5, 0.6) is 0 Å². The van der Waals surface area contributed by atoms with E-state index in [1.807, 2.05) is 24.3 Å². The van der Waals surface area contributed by atoms with E-state index >= 15 is 0 Å². The van der Waals surface area contributed by atoms with E-state index in [9.17, 15) is 9.59 Å². The number of thiophene rings is 1. The van der Waals surface area contributed by atoms with E-state index in [-0.39, 0.29) is 18.4 Å². The number of rotatable bonds is 6. The van der Waals surface area contributed by atoms with Gasteiger partial charge in [0.2, 0.25) is 0 Å². The molecule has 0 saturated carbocycles. The van der Waals surface area contributed by atoms with Crippen molar-refractivity contribution in [3.05, 3.63) is 52.5 Å². The highest BCUT2D eigenvalue weighted by Gasteiger charge is 2.20. The van der Waals surface area contributed by atoms with E-state index in [2.05, 4.69) is 16.0 Å². The van der Waals surface area contributed by atoms with Gasteiger partial charge in [0.05, 0.1) is 0 Å². The predicted molar refractivity (Wildman–Crippen MR) is 106 cm³/mol. The van der Waals surface area contributed by atoms with Crippen LogP contribution in [0.2, 0.25) is 0 Å². The molecule has 26 heavy (non-hydrogen) atoms. The van der Waals surface area contributed by atoms with Crippen molar-refractivity contribution in [3.63, 3.8) is 0 Å². The molecule has 1 saturated heterocycles. The van der Waals surface area contributed by atoms with E-state index in [0.29, 0.717) is 29.3 Å². The number of thiocarbonyl (C=S) groups is 1. The zero-order chi connectivity index (χ0) is 18.5. The Morgan fingerprint density at radius 3 is 2.62 bits per heavy atom. The lowest BCUT2D eigenvalue weighted by Crippen LogP contribution is -2.24. The summed E-state index contributed by atoms with van der Waals surface area (Å²) in [6, 6.07) is 11.2. The number of hydrogen-bond donors (Lipinski definition) is 4. The van der Waals surface area contributed by atoms with Crippen molar-refractivity contribution in [1.29, 1.82) is 0 Å². The van der Waals surface area contributed by atoms with Crippen LogP contribution < -0.4 is 16.0 Å². The summed E-state index contributed by atoms with van der Waals surface area (Å²) >= 11 is 6.45. The first-order valence-corrected chi connectivity index (χ1v) is 9.22. The van der Waals surface area contributed by atoms with E-state index in [1.165, 1.54) is 11.3 Å². The Bertz CT molecular complexity index is 872. The quantitative estimate of drug-likeness (QED) is 0.345. The smallest absolute Gasteiger partial charge is 0.273 e. The standard InChI is InChI=1S/C18H17N3O3S2/c22-9-1-8-19-16(23)12-4-2-11(3-5-12)15-7-6-13(26-15)10-14-17(24)21-18(25)20-14/h2-7,10,22H,1,8-9H2,(H,19,23)(H2,20,21,24,25). The third-order valence-electron chi connectivity index (χ3n) is 3.69. The van der Waals surface area contributed by atoms with Gasteiger partial charge in [-0.1, -0.05) is 12.1 Å². The summed E-state index contributed by atoms with van der Waals surface area (Å²) in [4.78, 5) is 25.6. The molecule has 0 unspecified atom stereocenters. The van der Waals surface area contributed by atoms with Gasteiger partial charge in [-0.3, -0.25) is 14.9 Å². The third-order valence-corrected chi connectivity index (χ3v) is 4.97. The maximum Gasteiger partial charge on any atom is 0.273 e. The highest BCUT2D eigenvalue weighted by molar-refractivity contribution is 7.80. The molecule has 4 N–H and O–H groups in total. The second-order valence-electron chi connectivity index (χ2n) is 5.58. The molecule has 8 heteroatoms. The predicted octanol–water partition coefficient (Wildman–Crippen LogP) is 1.87. The summed E-state index contributed by atoms with van der Waals surface area (Å²) in [5, 5.41) is 17.2. The molecule has 2 amide bonds. The van der Waals surface area contributed by atoms with Gasteiger partial charge in [0, 0.05) is 28.5 Å². The number of benzene rings is 1. The monoisotopic (exact) mass is 387 g/mol. The van der Waals surface area contributed by atoms with Crippen LogP contribution in [0.1, 0.15) is 21.7 Å². The number of aliphatic hydroxyl groups excluding tert-OH is 1. The van der Waals surface area contributed by atoms with E-state index in [0.717, 1.165) is 15.3 Å². The Kier molecular flexibility index (Phi) is 5.77. The first-order chi connectivity index (χ1) is 12.6. The Labute approximate surface area is 159 Å². The Balaban J connectivity index is 1.70. The lowest BCUT2D eigenvalue weighted by atomic mass is 10.1. The summed E-state index contributed by atoms with van der Waals surface area (Å²) in [6.45, 7) is 0.504. The van der Waals surface area contributed by atoms with Crippen LogP contribution in [0.15, 0.2) is 42.1 Å². The lowest BCUT2D eigenvalue weighted by molar-refractivity contribution is -0.115. The van der Waals surface area contributed by atoms with E-state index in [1.54, 1.807) is 18.2 Å². The fourth-order valence-corrected chi connectivity index (χ4v) is 3.54. The summed E-state index contributed by atoms with van der Waals surface area (Å²) in [5.41, 5.74) is 2.00. The van der Waals surface area contributed by atoms with Gasteiger partial charge in [0.15, 0.2) is 5.11 Å². The van der Waals surface area contributed by atoms with Gasteiger partial charge in [-0.15, -0.1) is 11.3 Å². The molecular formula is C18H17N3O3S2. The highest BCUT2D eigenvalue weighted by atomic mass is 32.1. The average molecular weight is 387 g/mol. The van der Waals surface area contributed by atoms with Crippen LogP contribution in [-0.4, -0.2) is 35.2 Å². The number of nitrogens with one attached hydrogen (secondary N) is 3. The minimum Gasteiger partial charge on any atom is -0.396 e. The molecule has 0 radical (unpaired) electrons. The van der Waals surface area contributed by atoms with Crippen molar-refractivity contribution in [2.45, 2.75) is 6.42 Å². The Morgan fingerprint density at radius 2 is 1.96 bits per heavy atom. The van der Waals surface area contributed by atoms with Crippen molar-refractivity contribution in [1.82, 2.24) is 16.0 Å². The van der Waals surface area contributed by atoms with Gasteiger partial charge >= 0.3 is 0 Å². The molecule has 1 aliphatic rings. The van der Waals surface area contributed by atoms with Gasteiger partial charge in [-0.25, -0.2) is 0 Å². The molecule has 0 bridgehead atoms. The molecule has 6 nitrogen and oxygen atoms in total. The summed E-state index contributed by atoms with van der Waals surface area (Å²) in [7, 11) is 0. The number of aliphatic hydroxyl groups is 1. The maximum atomic E-state index is 12.0. The minimum absolute atomic E-state index is 0.0546. The summed E-state index contributed by atoms with van der Waals surface area (Å²) < 4.78 is 0. The van der Waals surface area contributed by atoms with E-state index < -0.39 is 0 Å². The topological polar surface area (TPSA) is 90.5 Å². The largest absolute Gasteiger partial charge is 0.396 e. The van der Waals surface area contributed by atoms with Gasteiger partial charge < -0.3 is 15.7 Å². The fraction of sp³-hybridized carbons (Fsp3) is 0.167. The van der Waals surface area contributed by atoms with Crippen molar-refractivity contribution < 1.29 is 14.7 Å². The highest BCUT2D eigenvalue weighted by Crippen LogP contribution is 2.29. The maximum absolute atomic E-state index is 12.0. The molecule has 3 rings (SSSR count). The van der Waals surface area contributed by atoms with Crippen molar-refractivity contribution in [2.24, 2.45) is 0 Å². The second-order valence-corrected chi connectivity index (χ2v) is 7.10. The van der Waals surface area contributed by atoms with Gasteiger partial charge in [-0.2, -0.15) is 0 Å². The molecular weight excluding hydrogens is 370 g/mol. The fourth-order valence-electron chi connectivity index (χ4n) is 2.38. The van der Waals surface area contributed by atoms with Gasteiger partial charge in [-0.05, 0) is 54.5 Å². The normalized spacial score (nSPS) is 15.0. The number of hydrogen-bond acceptors (Lipinski definition) is 5. The Morgan fingerprint density at radius 1 is 1.19 bits per heavy atom. The zero-order valence-electron chi connectivity index (χ0n) is 13.7. The van der Waals surface area contributed by atoms with Gasteiger partial charge in [0.1, 0.15) is 5.70 Å².